The SMILES string of the molecule is O=C(NCc1ccc(-c2ccccn2)cc1)c1nc(Cc2cc(Cl)c(O)c(Cl)c2)no1. The first-order valence-corrected chi connectivity index (χ1v) is 10.0. The Bertz CT molecular complexity index is 1190. The minimum atomic E-state index is -0.477. The molecule has 4 aromatic rings. The molecular formula is C22H16Cl2N4O3. The highest BCUT2D eigenvalue weighted by atomic mass is 35.5. The number of aromatic nitrogens is 3. The quantitative estimate of drug-likeness (QED) is 0.439. The van der Waals surface area contributed by atoms with Crippen molar-refractivity contribution in [3.05, 3.63) is 93.7 Å². The molecule has 9 heteroatoms. The van der Waals surface area contributed by atoms with Gasteiger partial charge in [-0.1, -0.05) is 58.7 Å². The Hall–Kier alpha value is -3.42. The van der Waals surface area contributed by atoms with E-state index in [1.165, 1.54) is 0 Å². The van der Waals surface area contributed by atoms with Crippen LogP contribution >= 0.6 is 23.2 Å². The van der Waals surface area contributed by atoms with Crippen LogP contribution in [-0.2, 0) is 13.0 Å². The van der Waals surface area contributed by atoms with E-state index in [-0.39, 0.29) is 28.1 Å². The summed E-state index contributed by atoms with van der Waals surface area (Å²) < 4.78 is 5.05. The van der Waals surface area contributed by atoms with Gasteiger partial charge in [0.05, 0.1) is 15.7 Å². The van der Waals surface area contributed by atoms with E-state index < -0.39 is 5.91 Å². The summed E-state index contributed by atoms with van der Waals surface area (Å²) in [6.07, 6.45) is 1.98. The van der Waals surface area contributed by atoms with Crippen molar-refractivity contribution in [3.8, 4) is 17.0 Å². The molecule has 0 aliphatic rings. The molecule has 4 rings (SSSR count). The molecule has 0 aliphatic carbocycles. The van der Waals surface area contributed by atoms with Gasteiger partial charge in [-0.25, -0.2) is 0 Å². The fraction of sp³-hybridized carbons (Fsp3) is 0.0909. The third-order valence-corrected chi connectivity index (χ3v) is 5.05. The van der Waals surface area contributed by atoms with Gasteiger partial charge in [-0.2, -0.15) is 4.98 Å². The highest BCUT2D eigenvalue weighted by molar-refractivity contribution is 6.37. The van der Waals surface area contributed by atoms with Crippen molar-refractivity contribution in [2.75, 3.05) is 0 Å². The molecule has 0 saturated heterocycles. The fourth-order valence-electron chi connectivity index (χ4n) is 2.91. The van der Waals surface area contributed by atoms with Crippen molar-refractivity contribution < 1.29 is 14.4 Å². The number of carbonyl (C=O) groups excluding carboxylic acids is 1. The molecule has 7 nitrogen and oxygen atoms in total. The maximum absolute atomic E-state index is 12.3. The fourth-order valence-corrected chi connectivity index (χ4v) is 3.44. The first-order chi connectivity index (χ1) is 15.0. The summed E-state index contributed by atoms with van der Waals surface area (Å²) in [5.74, 6) is -0.513. The van der Waals surface area contributed by atoms with Crippen molar-refractivity contribution in [1.82, 2.24) is 20.4 Å². The predicted molar refractivity (Wildman–Crippen MR) is 116 cm³/mol. The van der Waals surface area contributed by atoms with Crippen molar-refractivity contribution in [3.63, 3.8) is 0 Å². The van der Waals surface area contributed by atoms with Crippen LogP contribution in [0, 0.1) is 0 Å². The Balaban J connectivity index is 1.36. The van der Waals surface area contributed by atoms with E-state index in [4.69, 9.17) is 27.7 Å². The summed E-state index contributed by atoms with van der Waals surface area (Å²) in [5.41, 5.74) is 3.47. The van der Waals surface area contributed by atoms with Crippen molar-refractivity contribution in [2.24, 2.45) is 0 Å². The topological polar surface area (TPSA) is 101 Å². The second-order valence-corrected chi connectivity index (χ2v) is 7.51. The molecule has 0 radical (unpaired) electrons. The van der Waals surface area contributed by atoms with Gasteiger partial charge in [0.25, 0.3) is 0 Å². The van der Waals surface area contributed by atoms with Crippen LogP contribution in [0.15, 0.2) is 65.3 Å². The van der Waals surface area contributed by atoms with E-state index in [9.17, 15) is 9.90 Å². The number of hydrogen-bond acceptors (Lipinski definition) is 6. The molecule has 2 aromatic heterocycles. The monoisotopic (exact) mass is 454 g/mol. The summed E-state index contributed by atoms with van der Waals surface area (Å²) in [4.78, 5) is 20.8. The van der Waals surface area contributed by atoms with Crippen LogP contribution in [0.3, 0.4) is 0 Å². The van der Waals surface area contributed by atoms with E-state index in [1.807, 2.05) is 42.5 Å². The molecule has 0 saturated carbocycles. The van der Waals surface area contributed by atoms with Gasteiger partial charge in [0, 0.05) is 24.7 Å². The molecule has 2 N–H and O–H groups in total. The van der Waals surface area contributed by atoms with E-state index in [0.29, 0.717) is 17.9 Å². The highest BCUT2D eigenvalue weighted by Crippen LogP contribution is 2.33. The third-order valence-electron chi connectivity index (χ3n) is 4.47. The number of amides is 1. The molecule has 0 bridgehead atoms. The van der Waals surface area contributed by atoms with Gasteiger partial charge in [0.2, 0.25) is 0 Å². The average molecular weight is 455 g/mol. The second-order valence-electron chi connectivity index (χ2n) is 6.70. The Morgan fingerprint density at radius 1 is 1.03 bits per heavy atom. The number of nitrogens with one attached hydrogen (secondary N) is 1. The smallest absolute Gasteiger partial charge is 0.315 e. The van der Waals surface area contributed by atoms with Gasteiger partial charge < -0.3 is 14.9 Å². The lowest BCUT2D eigenvalue weighted by Gasteiger charge is -2.05. The van der Waals surface area contributed by atoms with Crippen LogP contribution < -0.4 is 5.32 Å². The number of benzene rings is 2. The van der Waals surface area contributed by atoms with Gasteiger partial charge >= 0.3 is 11.8 Å². The lowest BCUT2D eigenvalue weighted by Crippen LogP contribution is -2.23. The van der Waals surface area contributed by atoms with Crippen molar-refractivity contribution in [2.45, 2.75) is 13.0 Å². The van der Waals surface area contributed by atoms with Crippen LogP contribution in [0.25, 0.3) is 11.3 Å². The normalized spacial score (nSPS) is 10.8. The number of aromatic hydroxyl groups is 1. The second kappa shape index (κ2) is 9.16. The molecule has 1 amide bonds. The molecule has 0 aliphatic heterocycles. The lowest BCUT2D eigenvalue weighted by atomic mass is 10.1. The van der Waals surface area contributed by atoms with Crippen molar-refractivity contribution >= 4 is 29.1 Å². The van der Waals surface area contributed by atoms with E-state index in [0.717, 1.165) is 16.8 Å². The van der Waals surface area contributed by atoms with Crippen molar-refractivity contribution in [1.29, 1.82) is 0 Å². The summed E-state index contributed by atoms with van der Waals surface area (Å²) in [7, 11) is 0. The largest absolute Gasteiger partial charge is 0.505 e. The van der Waals surface area contributed by atoms with Crippen LogP contribution in [0.4, 0.5) is 0 Å². The molecule has 2 aromatic carbocycles. The van der Waals surface area contributed by atoms with Crippen LogP contribution in [0.2, 0.25) is 10.0 Å². The number of halogens is 2. The Kier molecular flexibility index (Phi) is 6.16. The maximum Gasteiger partial charge on any atom is 0.315 e. The number of phenolic OH excluding ortho intramolecular Hbond substituents is 1. The molecule has 0 unspecified atom stereocenters. The maximum atomic E-state index is 12.3. The molecule has 0 atom stereocenters. The van der Waals surface area contributed by atoms with Crippen LogP contribution in [0.5, 0.6) is 5.75 Å². The minimum absolute atomic E-state index is 0.123. The summed E-state index contributed by atoms with van der Waals surface area (Å²) in [6.45, 7) is 0.308. The molecule has 0 fully saturated rings. The Morgan fingerprint density at radius 2 is 1.77 bits per heavy atom. The van der Waals surface area contributed by atoms with Gasteiger partial charge in [-0.05, 0) is 35.4 Å². The van der Waals surface area contributed by atoms with Crippen LogP contribution in [0.1, 0.15) is 27.6 Å². The van der Waals surface area contributed by atoms with Gasteiger partial charge in [0.15, 0.2) is 11.6 Å². The van der Waals surface area contributed by atoms with Gasteiger partial charge in [-0.15, -0.1) is 0 Å². The molecule has 156 valence electrons. The highest BCUT2D eigenvalue weighted by Gasteiger charge is 2.16. The number of pyridine rings is 1. The predicted octanol–water partition coefficient (Wildman–Crippen LogP) is 4.66. The molecule has 2 heterocycles. The summed E-state index contributed by atoms with van der Waals surface area (Å²) in [5, 5.41) is 16.4. The standard InChI is InChI=1S/C22H16Cl2N4O3/c23-16-9-14(10-17(24)20(16)29)11-19-27-22(31-28-19)21(30)26-12-13-4-6-15(7-5-13)18-3-1-2-8-25-18/h1-10,29H,11-12H2,(H,26,30). The first-order valence-electron chi connectivity index (χ1n) is 9.27. The number of nitrogens with zero attached hydrogens (tertiary/aromatic N) is 3. The number of phenols is 1. The third kappa shape index (κ3) is 5.02. The number of carbonyl (C=O) groups is 1. The molecule has 0 spiro atoms. The zero-order chi connectivity index (χ0) is 21.8. The zero-order valence-electron chi connectivity index (χ0n) is 16.0. The van der Waals surface area contributed by atoms with E-state index >= 15 is 0 Å². The first kappa shape index (κ1) is 20.8. The summed E-state index contributed by atoms with van der Waals surface area (Å²) in [6, 6.07) is 16.6. The Labute approximate surface area is 187 Å². The molecule has 31 heavy (non-hydrogen) atoms. The summed E-state index contributed by atoms with van der Waals surface area (Å²) >= 11 is 11.8. The van der Waals surface area contributed by atoms with Crippen LogP contribution in [-0.4, -0.2) is 26.1 Å². The molecular weight excluding hydrogens is 439 g/mol. The van der Waals surface area contributed by atoms with Gasteiger partial charge in [0.1, 0.15) is 0 Å². The Morgan fingerprint density at radius 3 is 2.45 bits per heavy atom. The number of rotatable bonds is 6. The van der Waals surface area contributed by atoms with Gasteiger partial charge in [-0.3, -0.25) is 9.78 Å². The van der Waals surface area contributed by atoms with E-state index in [1.54, 1.807) is 18.3 Å². The zero-order valence-corrected chi connectivity index (χ0v) is 17.6. The average Bonchev–Trinajstić information content (AvgIpc) is 3.25. The van der Waals surface area contributed by atoms with E-state index in [2.05, 4.69) is 20.4 Å². The minimum Gasteiger partial charge on any atom is -0.505 e. The lowest BCUT2D eigenvalue weighted by molar-refractivity contribution is 0.0907. The number of hydrogen-bond donors (Lipinski definition) is 2.